The zero-order valence-corrected chi connectivity index (χ0v) is 7.52. The molecule has 1 rings (SSSR count). The van der Waals surface area contributed by atoms with Gasteiger partial charge in [-0.2, -0.15) is 0 Å². The lowest BCUT2D eigenvalue weighted by Crippen LogP contribution is -2.33. The number of hydrogen-bond acceptors (Lipinski definition) is 2. The Balaban J connectivity index is 2.62. The zero-order valence-electron chi connectivity index (χ0n) is 7.52. The summed E-state index contributed by atoms with van der Waals surface area (Å²) in [7, 11) is 0. The van der Waals surface area contributed by atoms with Crippen LogP contribution in [0.3, 0.4) is 0 Å². The van der Waals surface area contributed by atoms with Gasteiger partial charge in [-0.25, -0.2) is 0 Å². The Bertz CT molecular complexity index is 155. The molecule has 0 aromatic heterocycles. The Hall–Kier alpha value is -0.530. The van der Waals surface area contributed by atoms with Crippen molar-refractivity contribution in [3.8, 4) is 0 Å². The summed E-state index contributed by atoms with van der Waals surface area (Å²) < 4.78 is 4.98. The fraction of sp³-hybridized carbons (Fsp3) is 0.889. The van der Waals surface area contributed by atoms with Crippen molar-refractivity contribution in [3.63, 3.8) is 0 Å². The van der Waals surface area contributed by atoms with Crippen LogP contribution in [0.25, 0.3) is 0 Å². The van der Waals surface area contributed by atoms with Gasteiger partial charge in [0.2, 0.25) is 0 Å². The van der Waals surface area contributed by atoms with Gasteiger partial charge in [-0.15, -0.1) is 0 Å². The Labute approximate surface area is 67.9 Å². The maximum absolute atomic E-state index is 11.2. The SMILES string of the molecule is CC(C)(C)C1CCCOC1=O. The number of carbonyl (C=O) groups is 1. The van der Waals surface area contributed by atoms with Crippen LogP contribution in [0.15, 0.2) is 0 Å². The minimum Gasteiger partial charge on any atom is -0.465 e. The van der Waals surface area contributed by atoms with E-state index in [1.54, 1.807) is 0 Å². The summed E-state index contributed by atoms with van der Waals surface area (Å²) in [6, 6.07) is 0. The topological polar surface area (TPSA) is 26.3 Å². The molecule has 1 heterocycles. The fourth-order valence-electron chi connectivity index (χ4n) is 1.47. The fourth-order valence-corrected chi connectivity index (χ4v) is 1.47. The van der Waals surface area contributed by atoms with Crippen LogP contribution in [0.5, 0.6) is 0 Å². The van der Waals surface area contributed by atoms with Gasteiger partial charge in [0.15, 0.2) is 0 Å². The molecule has 2 heteroatoms. The third kappa shape index (κ3) is 1.95. The maximum atomic E-state index is 11.2. The molecular weight excluding hydrogens is 140 g/mol. The van der Waals surface area contributed by atoms with Gasteiger partial charge in [-0.3, -0.25) is 4.79 Å². The molecule has 0 amide bonds. The van der Waals surface area contributed by atoms with Crippen LogP contribution in [0.4, 0.5) is 0 Å². The molecule has 0 N–H and O–H groups in total. The summed E-state index contributed by atoms with van der Waals surface area (Å²) in [4.78, 5) is 11.2. The smallest absolute Gasteiger partial charge is 0.309 e. The van der Waals surface area contributed by atoms with Gasteiger partial charge in [0.25, 0.3) is 0 Å². The van der Waals surface area contributed by atoms with E-state index in [2.05, 4.69) is 20.8 Å². The lowest BCUT2D eigenvalue weighted by molar-refractivity contribution is -0.157. The van der Waals surface area contributed by atoms with Crippen LogP contribution in [0.1, 0.15) is 33.6 Å². The molecule has 64 valence electrons. The monoisotopic (exact) mass is 156 g/mol. The summed E-state index contributed by atoms with van der Waals surface area (Å²) in [6.07, 6.45) is 2.01. The van der Waals surface area contributed by atoms with Crippen LogP contribution in [0, 0.1) is 11.3 Å². The number of rotatable bonds is 0. The maximum Gasteiger partial charge on any atom is 0.309 e. The molecular formula is C9H16O2. The number of hydrogen-bond donors (Lipinski definition) is 0. The highest BCUT2D eigenvalue weighted by atomic mass is 16.5. The number of esters is 1. The van der Waals surface area contributed by atoms with Gasteiger partial charge in [-0.05, 0) is 18.3 Å². The van der Waals surface area contributed by atoms with Gasteiger partial charge < -0.3 is 4.74 Å². The molecule has 1 saturated heterocycles. The van der Waals surface area contributed by atoms with Crippen LogP contribution >= 0.6 is 0 Å². The summed E-state index contributed by atoms with van der Waals surface area (Å²) >= 11 is 0. The highest BCUT2D eigenvalue weighted by Gasteiger charge is 2.34. The van der Waals surface area contributed by atoms with Crippen LogP contribution in [-0.4, -0.2) is 12.6 Å². The molecule has 1 aliphatic heterocycles. The lowest BCUT2D eigenvalue weighted by Gasteiger charge is -2.31. The van der Waals surface area contributed by atoms with Gasteiger partial charge in [0.1, 0.15) is 0 Å². The first-order chi connectivity index (χ1) is 5.02. The van der Waals surface area contributed by atoms with Crippen LogP contribution in [-0.2, 0) is 9.53 Å². The van der Waals surface area contributed by atoms with E-state index in [0.717, 1.165) is 12.8 Å². The first-order valence-electron chi connectivity index (χ1n) is 4.18. The predicted octanol–water partition coefficient (Wildman–Crippen LogP) is 1.99. The van der Waals surface area contributed by atoms with Crippen LogP contribution < -0.4 is 0 Å². The van der Waals surface area contributed by atoms with E-state index < -0.39 is 0 Å². The van der Waals surface area contributed by atoms with Crippen molar-refractivity contribution in [3.05, 3.63) is 0 Å². The second-order valence-electron chi connectivity index (χ2n) is 4.23. The normalized spacial score (nSPS) is 26.5. The van der Waals surface area contributed by atoms with Crippen molar-refractivity contribution in [1.82, 2.24) is 0 Å². The minimum absolute atomic E-state index is 0.0104. The minimum atomic E-state index is -0.0104. The van der Waals surface area contributed by atoms with E-state index in [0.29, 0.717) is 6.61 Å². The average molecular weight is 156 g/mol. The van der Waals surface area contributed by atoms with Crippen molar-refractivity contribution in [2.24, 2.45) is 11.3 Å². The van der Waals surface area contributed by atoms with E-state index in [1.165, 1.54) is 0 Å². The van der Waals surface area contributed by atoms with Crippen LogP contribution in [0.2, 0.25) is 0 Å². The summed E-state index contributed by atoms with van der Waals surface area (Å²) in [5.74, 6) is 0.0972. The van der Waals surface area contributed by atoms with Crippen molar-refractivity contribution in [1.29, 1.82) is 0 Å². The molecule has 0 aromatic carbocycles. The number of cyclic esters (lactones) is 1. The van der Waals surface area contributed by atoms with E-state index in [4.69, 9.17) is 4.74 Å². The van der Waals surface area contributed by atoms with Crippen molar-refractivity contribution >= 4 is 5.97 Å². The molecule has 0 saturated carbocycles. The third-order valence-electron chi connectivity index (χ3n) is 2.21. The lowest BCUT2D eigenvalue weighted by atomic mass is 9.77. The first-order valence-corrected chi connectivity index (χ1v) is 4.18. The molecule has 1 atom stereocenters. The molecule has 0 aromatic rings. The van der Waals surface area contributed by atoms with E-state index in [9.17, 15) is 4.79 Å². The van der Waals surface area contributed by atoms with Crippen molar-refractivity contribution in [2.75, 3.05) is 6.61 Å². The molecule has 1 unspecified atom stereocenters. The van der Waals surface area contributed by atoms with Crippen molar-refractivity contribution in [2.45, 2.75) is 33.6 Å². The zero-order chi connectivity index (χ0) is 8.48. The molecule has 0 bridgehead atoms. The third-order valence-corrected chi connectivity index (χ3v) is 2.21. The Morgan fingerprint density at radius 2 is 2.09 bits per heavy atom. The molecule has 0 radical (unpaired) electrons. The van der Waals surface area contributed by atoms with Gasteiger partial charge in [0.05, 0.1) is 12.5 Å². The summed E-state index contributed by atoms with van der Waals surface area (Å²) in [5, 5.41) is 0. The molecule has 11 heavy (non-hydrogen) atoms. The Morgan fingerprint density at radius 1 is 1.45 bits per heavy atom. The second-order valence-corrected chi connectivity index (χ2v) is 4.23. The van der Waals surface area contributed by atoms with Crippen molar-refractivity contribution < 1.29 is 9.53 Å². The number of ether oxygens (including phenoxy) is 1. The number of carbonyl (C=O) groups excluding carboxylic acids is 1. The average Bonchev–Trinajstić information content (AvgIpc) is 1.86. The van der Waals surface area contributed by atoms with Gasteiger partial charge in [0, 0.05) is 0 Å². The molecule has 2 nitrogen and oxygen atoms in total. The standard InChI is InChI=1S/C9H16O2/c1-9(2,3)7-5-4-6-11-8(7)10/h7H,4-6H2,1-3H3. The molecule has 1 aliphatic rings. The molecule has 1 fully saturated rings. The van der Waals surface area contributed by atoms with E-state index in [-0.39, 0.29) is 17.3 Å². The highest BCUT2D eigenvalue weighted by Crippen LogP contribution is 2.32. The Kier molecular flexibility index (Phi) is 2.21. The molecule has 0 aliphatic carbocycles. The summed E-state index contributed by atoms with van der Waals surface area (Å²) in [6.45, 7) is 6.88. The quantitative estimate of drug-likeness (QED) is 0.501. The first kappa shape index (κ1) is 8.57. The second kappa shape index (κ2) is 2.84. The van der Waals surface area contributed by atoms with E-state index >= 15 is 0 Å². The highest BCUT2D eigenvalue weighted by molar-refractivity contribution is 5.73. The predicted molar refractivity (Wildman–Crippen MR) is 43.1 cm³/mol. The van der Waals surface area contributed by atoms with E-state index in [1.807, 2.05) is 0 Å². The largest absolute Gasteiger partial charge is 0.465 e. The molecule has 0 spiro atoms. The Morgan fingerprint density at radius 3 is 2.45 bits per heavy atom. The van der Waals surface area contributed by atoms with Gasteiger partial charge in [-0.1, -0.05) is 20.8 Å². The van der Waals surface area contributed by atoms with Gasteiger partial charge >= 0.3 is 5.97 Å². The summed E-state index contributed by atoms with van der Waals surface area (Å²) in [5.41, 5.74) is 0.0670.